The van der Waals surface area contributed by atoms with Crippen molar-refractivity contribution in [3.63, 3.8) is 0 Å². The van der Waals surface area contributed by atoms with Gasteiger partial charge in [0.1, 0.15) is 5.75 Å². The van der Waals surface area contributed by atoms with Crippen LogP contribution in [0.2, 0.25) is 0 Å². The SMILES string of the molecule is COc1cccc(C(=O)N(C)C2CCCCC2O)c1. The van der Waals surface area contributed by atoms with Crippen molar-refractivity contribution in [3.05, 3.63) is 29.8 Å². The number of rotatable bonds is 3. The zero-order chi connectivity index (χ0) is 13.8. The maximum absolute atomic E-state index is 12.4. The Morgan fingerprint density at radius 1 is 1.37 bits per heavy atom. The van der Waals surface area contributed by atoms with E-state index in [0.29, 0.717) is 11.3 Å². The van der Waals surface area contributed by atoms with E-state index < -0.39 is 6.10 Å². The summed E-state index contributed by atoms with van der Waals surface area (Å²) in [4.78, 5) is 14.1. The molecule has 2 atom stereocenters. The third-order valence-corrected chi connectivity index (χ3v) is 3.83. The van der Waals surface area contributed by atoms with Crippen LogP contribution in [0.5, 0.6) is 5.75 Å². The van der Waals surface area contributed by atoms with Crippen molar-refractivity contribution in [2.45, 2.75) is 37.8 Å². The molecule has 1 aromatic rings. The number of aliphatic hydroxyl groups is 1. The van der Waals surface area contributed by atoms with Gasteiger partial charge < -0.3 is 14.7 Å². The number of ether oxygens (including phenoxy) is 1. The molecule has 1 saturated carbocycles. The highest BCUT2D eigenvalue weighted by Gasteiger charge is 2.29. The number of benzene rings is 1. The maximum Gasteiger partial charge on any atom is 0.254 e. The van der Waals surface area contributed by atoms with Crippen LogP contribution < -0.4 is 4.74 Å². The van der Waals surface area contributed by atoms with E-state index >= 15 is 0 Å². The summed E-state index contributed by atoms with van der Waals surface area (Å²) in [5.74, 6) is 0.605. The van der Waals surface area contributed by atoms with Crippen molar-refractivity contribution in [2.75, 3.05) is 14.2 Å². The van der Waals surface area contributed by atoms with Crippen LogP contribution in [0.1, 0.15) is 36.0 Å². The third kappa shape index (κ3) is 3.07. The minimum absolute atomic E-state index is 0.0650. The van der Waals surface area contributed by atoms with Crippen LogP contribution in [-0.4, -0.2) is 42.2 Å². The second kappa shape index (κ2) is 6.06. The van der Waals surface area contributed by atoms with E-state index in [1.165, 1.54) is 0 Å². The standard InChI is InChI=1S/C15H21NO3/c1-16(13-8-3-4-9-14(13)17)15(18)11-6-5-7-12(10-11)19-2/h5-7,10,13-14,17H,3-4,8-9H2,1-2H3. The molecular formula is C15H21NO3. The zero-order valence-corrected chi connectivity index (χ0v) is 11.5. The lowest BCUT2D eigenvalue weighted by atomic mass is 9.91. The summed E-state index contributed by atoms with van der Waals surface area (Å²) in [5.41, 5.74) is 0.597. The largest absolute Gasteiger partial charge is 0.497 e. The molecule has 1 aliphatic rings. The number of methoxy groups -OCH3 is 1. The molecule has 0 aliphatic heterocycles. The van der Waals surface area contributed by atoms with E-state index in [4.69, 9.17) is 4.74 Å². The lowest BCUT2D eigenvalue weighted by Gasteiger charge is -2.35. The number of carbonyl (C=O) groups excluding carboxylic acids is 1. The van der Waals surface area contributed by atoms with E-state index in [2.05, 4.69) is 0 Å². The number of likely N-dealkylation sites (N-methyl/N-ethyl adjacent to an activating group) is 1. The molecule has 4 heteroatoms. The number of amides is 1. The van der Waals surface area contributed by atoms with E-state index in [1.54, 1.807) is 37.3 Å². The van der Waals surface area contributed by atoms with Gasteiger partial charge in [-0.05, 0) is 31.0 Å². The molecule has 104 valence electrons. The van der Waals surface area contributed by atoms with Crippen molar-refractivity contribution >= 4 is 5.91 Å². The smallest absolute Gasteiger partial charge is 0.254 e. The molecule has 1 aromatic carbocycles. The number of nitrogens with zero attached hydrogens (tertiary/aromatic N) is 1. The first-order valence-corrected chi connectivity index (χ1v) is 6.72. The summed E-state index contributed by atoms with van der Waals surface area (Å²) in [6.07, 6.45) is 3.35. The van der Waals surface area contributed by atoms with Crippen molar-refractivity contribution in [3.8, 4) is 5.75 Å². The zero-order valence-electron chi connectivity index (χ0n) is 11.5. The predicted molar refractivity (Wildman–Crippen MR) is 73.4 cm³/mol. The number of hydrogen-bond acceptors (Lipinski definition) is 3. The first-order chi connectivity index (χ1) is 9.13. The molecule has 0 heterocycles. The van der Waals surface area contributed by atoms with E-state index in [9.17, 15) is 9.90 Å². The lowest BCUT2D eigenvalue weighted by molar-refractivity contribution is 0.0268. The summed E-state index contributed by atoms with van der Waals surface area (Å²) >= 11 is 0. The molecule has 0 radical (unpaired) electrons. The highest BCUT2D eigenvalue weighted by atomic mass is 16.5. The first kappa shape index (κ1) is 13.9. The fraction of sp³-hybridized carbons (Fsp3) is 0.533. The Kier molecular flexibility index (Phi) is 4.43. The molecular weight excluding hydrogens is 242 g/mol. The van der Waals surface area contributed by atoms with E-state index in [0.717, 1.165) is 25.7 Å². The minimum Gasteiger partial charge on any atom is -0.497 e. The normalized spacial score (nSPS) is 22.9. The Labute approximate surface area is 114 Å². The van der Waals surface area contributed by atoms with Crippen LogP contribution >= 0.6 is 0 Å². The van der Waals surface area contributed by atoms with Crippen molar-refractivity contribution < 1.29 is 14.6 Å². The number of aliphatic hydroxyl groups excluding tert-OH is 1. The predicted octanol–water partition coefficient (Wildman–Crippen LogP) is 2.07. The number of carbonyl (C=O) groups is 1. The van der Waals surface area contributed by atoms with Crippen molar-refractivity contribution in [1.82, 2.24) is 4.90 Å². The molecule has 0 bridgehead atoms. The minimum atomic E-state index is -0.409. The van der Waals surface area contributed by atoms with E-state index in [-0.39, 0.29) is 11.9 Å². The molecule has 0 spiro atoms. The molecule has 1 fully saturated rings. The van der Waals surface area contributed by atoms with Gasteiger partial charge in [0.15, 0.2) is 0 Å². The van der Waals surface area contributed by atoms with Crippen LogP contribution in [0.3, 0.4) is 0 Å². The molecule has 1 aliphatic carbocycles. The number of hydrogen-bond donors (Lipinski definition) is 1. The summed E-state index contributed by atoms with van der Waals surface area (Å²) in [6, 6.07) is 7.04. The van der Waals surface area contributed by atoms with Gasteiger partial charge >= 0.3 is 0 Å². The topological polar surface area (TPSA) is 49.8 Å². The molecule has 0 saturated heterocycles. The quantitative estimate of drug-likeness (QED) is 0.908. The van der Waals surface area contributed by atoms with Crippen molar-refractivity contribution in [1.29, 1.82) is 0 Å². The van der Waals surface area contributed by atoms with Gasteiger partial charge in [-0.25, -0.2) is 0 Å². The molecule has 2 unspecified atom stereocenters. The summed E-state index contributed by atoms with van der Waals surface area (Å²) in [6.45, 7) is 0. The van der Waals surface area contributed by atoms with Crippen LogP contribution in [0.25, 0.3) is 0 Å². The fourth-order valence-corrected chi connectivity index (χ4v) is 2.65. The van der Waals surface area contributed by atoms with Crippen LogP contribution in [-0.2, 0) is 0 Å². The summed E-state index contributed by atoms with van der Waals surface area (Å²) in [7, 11) is 3.35. The fourth-order valence-electron chi connectivity index (χ4n) is 2.65. The average Bonchev–Trinajstić information content (AvgIpc) is 2.46. The van der Waals surface area contributed by atoms with Crippen LogP contribution in [0.4, 0.5) is 0 Å². The molecule has 4 nitrogen and oxygen atoms in total. The van der Waals surface area contributed by atoms with Gasteiger partial charge in [-0.3, -0.25) is 4.79 Å². The Hall–Kier alpha value is -1.55. The van der Waals surface area contributed by atoms with Crippen molar-refractivity contribution in [2.24, 2.45) is 0 Å². The third-order valence-electron chi connectivity index (χ3n) is 3.83. The highest BCUT2D eigenvalue weighted by Crippen LogP contribution is 2.24. The summed E-state index contributed by atoms with van der Waals surface area (Å²) < 4.78 is 5.13. The molecule has 1 amide bonds. The van der Waals surface area contributed by atoms with Gasteiger partial charge in [0.25, 0.3) is 5.91 Å². The highest BCUT2D eigenvalue weighted by molar-refractivity contribution is 5.94. The van der Waals surface area contributed by atoms with Gasteiger partial charge in [0.2, 0.25) is 0 Å². The average molecular weight is 263 g/mol. The summed E-state index contributed by atoms with van der Waals surface area (Å²) in [5, 5.41) is 10.0. The molecule has 2 rings (SSSR count). The van der Waals surface area contributed by atoms with Gasteiger partial charge in [-0.15, -0.1) is 0 Å². The molecule has 1 N–H and O–H groups in total. The second-order valence-electron chi connectivity index (χ2n) is 5.07. The first-order valence-electron chi connectivity index (χ1n) is 6.72. The Morgan fingerprint density at radius 2 is 2.11 bits per heavy atom. The van der Waals surface area contributed by atoms with Crippen LogP contribution in [0.15, 0.2) is 24.3 Å². The Balaban J connectivity index is 2.13. The van der Waals surface area contributed by atoms with E-state index in [1.807, 2.05) is 6.07 Å². The lowest BCUT2D eigenvalue weighted by Crippen LogP contribution is -2.46. The van der Waals surface area contributed by atoms with Gasteiger partial charge in [-0.1, -0.05) is 18.9 Å². The van der Waals surface area contributed by atoms with Gasteiger partial charge in [0.05, 0.1) is 19.3 Å². The second-order valence-corrected chi connectivity index (χ2v) is 5.07. The Morgan fingerprint density at radius 3 is 2.79 bits per heavy atom. The van der Waals surface area contributed by atoms with Crippen LogP contribution in [0, 0.1) is 0 Å². The Bertz CT molecular complexity index is 447. The monoisotopic (exact) mass is 263 g/mol. The van der Waals surface area contributed by atoms with Gasteiger partial charge in [-0.2, -0.15) is 0 Å². The maximum atomic E-state index is 12.4. The molecule has 19 heavy (non-hydrogen) atoms. The molecule has 0 aromatic heterocycles. The van der Waals surface area contributed by atoms with Gasteiger partial charge in [0, 0.05) is 12.6 Å².